The fraction of sp³-hybridized carbons (Fsp3) is 0.176. The van der Waals surface area contributed by atoms with Gasteiger partial charge in [0.15, 0.2) is 5.11 Å². The number of amides is 1. The van der Waals surface area contributed by atoms with Gasteiger partial charge in [0.05, 0.1) is 11.6 Å². The van der Waals surface area contributed by atoms with Crippen LogP contribution in [0.2, 0.25) is 0 Å². The molecule has 0 spiro atoms. The van der Waals surface area contributed by atoms with Crippen molar-refractivity contribution in [1.82, 2.24) is 10.6 Å². The van der Waals surface area contributed by atoms with E-state index in [-0.39, 0.29) is 11.9 Å². The van der Waals surface area contributed by atoms with E-state index in [0.29, 0.717) is 10.7 Å². The monoisotopic (exact) mass is 424 g/mol. The Morgan fingerprint density at radius 2 is 1.77 bits per heavy atom. The molecule has 2 aromatic carbocycles. The molecule has 2 aromatic rings. The molecule has 0 aliphatic carbocycles. The van der Waals surface area contributed by atoms with E-state index in [2.05, 4.69) is 40.1 Å². The Morgan fingerprint density at radius 3 is 2.41 bits per heavy atom. The molecule has 2 N–H and O–H groups in total. The minimum atomic E-state index is -0.189. The fourth-order valence-corrected chi connectivity index (χ4v) is 2.98. The number of carbonyl (C=O) groups excluding carboxylic acids is 1. The third-order valence-corrected chi connectivity index (χ3v) is 4.42. The van der Waals surface area contributed by atoms with Gasteiger partial charge in [-0.05, 0) is 58.9 Å². The lowest BCUT2D eigenvalue weighted by molar-refractivity contribution is 0.0975. The van der Waals surface area contributed by atoms with Crippen LogP contribution in [0.15, 0.2) is 54.6 Å². The molecule has 2 rings (SSSR count). The molecule has 1 unspecified atom stereocenters. The molecule has 0 aromatic heterocycles. The maximum absolute atomic E-state index is 12.2. The first kappa shape index (κ1) is 16.9. The second-order valence-corrected chi connectivity index (χ2v) is 6.35. The molecule has 0 saturated heterocycles. The number of hydrogen-bond donors (Lipinski definition) is 2. The molecular weight excluding hydrogens is 407 g/mol. The van der Waals surface area contributed by atoms with Crippen molar-refractivity contribution in [1.29, 1.82) is 0 Å². The highest BCUT2D eigenvalue weighted by Crippen LogP contribution is 2.16. The van der Waals surface area contributed by atoms with Crippen molar-refractivity contribution in [3.63, 3.8) is 0 Å². The molecule has 1 atom stereocenters. The standard InChI is InChI=1S/C17H17IN2OS/c1-2-15(12-8-4-3-5-9-12)19-17(22)20-16(21)13-10-6-7-11-14(13)18/h3-11,15H,2H2,1H3,(H2,19,20,21,22). The van der Waals surface area contributed by atoms with E-state index in [1.54, 1.807) is 6.07 Å². The van der Waals surface area contributed by atoms with Crippen molar-refractivity contribution in [3.05, 3.63) is 69.3 Å². The van der Waals surface area contributed by atoms with E-state index < -0.39 is 0 Å². The van der Waals surface area contributed by atoms with Crippen LogP contribution in [0, 0.1) is 3.57 Å². The summed E-state index contributed by atoms with van der Waals surface area (Å²) in [5.41, 5.74) is 1.77. The summed E-state index contributed by atoms with van der Waals surface area (Å²) in [6, 6.07) is 17.6. The van der Waals surface area contributed by atoms with Crippen LogP contribution in [0.1, 0.15) is 35.3 Å². The van der Waals surface area contributed by atoms with Gasteiger partial charge in [0, 0.05) is 3.57 Å². The average Bonchev–Trinajstić information content (AvgIpc) is 2.53. The number of nitrogens with one attached hydrogen (secondary N) is 2. The molecule has 0 heterocycles. The van der Waals surface area contributed by atoms with Crippen molar-refractivity contribution >= 4 is 45.8 Å². The summed E-state index contributed by atoms with van der Waals surface area (Å²) in [5.74, 6) is -0.189. The van der Waals surface area contributed by atoms with Crippen molar-refractivity contribution in [3.8, 4) is 0 Å². The maximum Gasteiger partial charge on any atom is 0.258 e. The van der Waals surface area contributed by atoms with Gasteiger partial charge < -0.3 is 5.32 Å². The van der Waals surface area contributed by atoms with E-state index in [1.165, 1.54) is 0 Å². The second-order valence-electron chi connectivity index (χ2n) is 4.78. The Bertz CT molecular complexity index is 661. The first-order chi connectivity index (χ1) is 10.6. The van der Waals surface area contributed by atoms with Gasteiger partial charge in [-0.15, -0.1) is 0 Å². The van der Waals surface area contributed by atoms with E-state index in [1.807, 2.05) is 48.5 Å². The first-order valence-electron chi connectivity index (χ1n) is 7.03. The molecule has 1 amide bonds. The lowest BCUT2D eigenvalue weighted by Crippen LogP contribution is -2.41. The van der Waals surface area contributed by atoms with E-state index in [9.17, 15) is 4.79 Å². The Labute approximate surface area is 149 Å². The Morgan fingerprint density at radius 1 is 1.14 bits per heavy atom. The summed E-state index contributed by atoms with van der Waals surface area (Å²) < 4.78 is 0.899. The third kappa shape index (κ3) is 4.51. The van der Waals surface area contributed by atoms with Gasteiger partial charge in [0.25, 0.3) is 5.91 Å². The number of hydrogen-bond acceptors (Lipinski definition) is 2. The maximum atomic E-state index is 12.2. The van der Waals surface area contributed by atoms with Gasteiger partial charge in [0.2, 0.25) is 0 Å². The Balaban J connectivity index is 2.00. The normalized spacial score (nSPS) is 11.5. The molecule has 3 nitrogen and oxygen atoms in total. The molecule has 0 aliphatic heterocycles. The van der Waals surface area contributed by atoms with Crippen LogP contribution in [-0.4, -0.2) is 11.0 Å². The van der Waals surface area contributed by atoms with Crippen LogP contribution in [-0.2, 0) is 0 Å². The Hall–Kier alpha value is -1.47. The molecule has 0 saturated carbocycles. The van der Waals surface area contributed by atoms with E-state index in [0.717, 1.165) is 15.6 Å². The molecule has 22 heavy (non-hydrogen) atoms. The highest BCUT2D eigenvalue weighted by Gasteiger charge is 2.14. The lowest BCUT2D eigenvalue weighted by atomic mass is 10.1. The first-order valence-corrected chi connectivity index (χ1v) is 8.51. The zero-order chi connectivity index (χ0) is 15.9. The fourth-order valence-electron chi connectivity index (χ4n) is 2.12. The van der Waals surface area contributed by atoms with Crippen molar-refractivity contribution < 1.29 is 4.79 Å². The second kappa shape index (κ2) is 8.24. The predicted octanol–water partition coefficient (Wildman–Crippen LogP) is 4.05. The van der Waals surface area contributed by atoms with Gasteiger partial charge in [-0.1, -0.05) is 49.4 Å². The summed E-state index contributed by atoms with van der Waals surface area (Å²) >= 11 is 7.41. The summed E-state index contributed by atoms with van der Waals surface area (Å²) in [6.45, 7) is 2.08. The summed E-state index contributed by atoms with van der Waals surface area (Å²) in [7, 11) is 0. The third-order valence-electron chi connectivity index (χ3n) is 3.26. The molecule has 5 heteroatoms. The summed E-state index contributed by atoms with van der Waals surface area (Å²) in [5, 5.41) is 6.30. The van der Waals surface area contributed by atoms with Gasteiger partial charge >= 0.3 is 0 Å². The molecule has 0 aliphatic rings. The van der Waals surface area contributed by atoms with Gasteiger partial charge in [-0.3, -0.25) is 10.1 Å². The predicted molar refractivity (Wildman–Crippen MR) is 102 cm³/mol. The molecule has 0 bridgehead atoms. The van der Waals surface area contributed by atoms with Gasteiger partial charge in [-0.25, -0.2) is 0 Å². The number of thiocarbonyl (C=S) groups is 1. The molecular formula is C17H17IN2OS. The lowest BCUT2D eigenvalue weighted by Gasteiger charge is -2.19. The zero-order valence-corrected chi connectivity index (χ0v) is 15.1. The average molecular weight is 424 g/mol. The minimum Gasteiger partial charge on any atom is -0.356 e. The number of carbonyl (C=O) groups is 1. The summed E-state index contributed by atoms with van der Waals surface area (Å²) in [6.07, 6.45) is 0.878. The van der Waals surface area contributed by atoms with Crippen LogP contribution >= 0.6 is 34.8 Å². The van der Waals surface area contributed by atoms with Gasteiger partial charge in [-0.2, -0.15) is 0 Å². The van der Waals surface area contributed by atoms with Crippen molar-refractivity contribution in [2.75, 3.05) is 0 Å². The highest BCUT2D eigenvalue weighted by atomic mass is 127. The van der Waals surface area contributed by atoms with E-state index in [4.69, 9.17) is 12.2 Å². The number of halogens is 1. The largest absolute Gasteiger partial charge is 0.356 e. The summed E-state index contributed by atoms with van der Waals surface area (Å²) in [4.78, 5) is 12.2. The molecule has 0 radical (unpaired) electrons. The molecule has 114 valence electrons. The van der Waals surface area contributed by atoms with Gasteiger partial charge in [0.1, 0.15) is 0 Å². The number of benzene rings is 2. The smallest absolute Gasteiger partial charge is 0.258 e. The van der Waals surface area contributed by atoms with Crippen LogP contribution in [0.5, 0.6) is 0 Å². The quantitative estimate of drug-likeness (QED) is 0.575. The van der Waals surface area contributed by atoms with Crippen LogP contribution in [0.4, 0.5) is 0 Å². The van der Waals surface area contributed by atoms with Crippen molar-refractivity contribution in [2.24, 2.45) is 0 Å². The Kier molecular flexibility index (Phi) is 6.33. The van der Waals surface area contributed by atoms with Crippen LogP contribution in [0.25, 0.3) is 0 Å². The zero-order valence-electron chi connectivity index (χ0n) is 12.2. The van der Waals surface area contributed by atoms with Crippen molar-refractivity contribution in [2.45, 2.75) is 19.4 Å². The SMILES string of the molecule is CCC(NC(=S)NC(=O)c1ccccc1I)c1ccccc1. The molecule has 0 fully saturated rings. The van der Waals surface area contributed by atoms with Crippen LogP contribution < -0.4 is 10.6 Å². The topological polar surface area (TPSA) is 41.1 Å². The number of rotatable bonds is 4. The van der Waals surface area contributed by atoms with Crippen LogP contribution in [0.3, 0.4) is 0 Å². The minimum absolute atomic E-state index is 0.0869. The van der Waals surface area contributed by atoms with E-state index >= 15 is 0 Å². The highest BCUT2D eigenvalue weighted by molar-refractivity contribution is 14.1.